The van der Waals surface area contributed by atoms with Gasteiger partial charge in [-0.05, 0) is 135 Å². The number of hydrogen-bond donors (Lipinski definition) is 0. The third-order valence-corrected chi connectivity index (χ3v) is 14.5. The zero-order chi connectivity index (χ0) is 41.9. The van der Waals surface area contributed by atoms with Crippen LogP contribution >= 0.6 is 11.3 Å². The first kappa shape index (κ1) is 35.4. The second kappa shape index (κ2) is 13.7. The fourth-order valence-corrected chi connectivity index (χ4v) is 11.6. The predicted molar refractivity (Wildman–Crippen MR) is 275 cm³/mol. The van der Waals surface area contributed by atoms with Gasteiger partial charge in [-0.1, -0.05) is 127 Å². The molecule has 4 heteroatoms. The van der Waals surface area contributed by atoms with Crippen molar-refractivity contribution in [2.45, 2.75) is 0 Å². The van der Waals surface area contributed by atoms with Gasteiger partial charge >= 0.3 is 0 Å². The molecule has 0 saturated carbocycles. The molecule has 0 unspecified atom stereocenters. The van der Waals surface area contributed by atoms with E-state index in [2.05, 4.69) is 238 Å². The van der Waals surface area contributed by atoms with Crippen molar-refractivity contribution in [1.29, 1.82) is 0 Å². The maximum absolute atomic E-state index is 2.44. The van der Waals surface area contributed by atoms with Gasteiger partial charge in [-0.3, -0.25) is 0 Å². The van der Waals surface area contributed by atoms with Gasteiger partial charge in [-0.25, -0.2) is 0 Å². The Hall–Kier alpha value is -8.18. The second-order valence-electron chi connectivity index (χ2n) is 17.0. The molecule has 14 aromatic rings. The van der Waals surface area contributed by atoms with E-state index in [1.54, 1.807) is 0 Å². The van der Waals surface area contributed by atoms with Crippen LogP contribution in [0.4, 0.5) is 0 Å². The number of aromatic nitrogens is 3. The Kier molecular flexibility index (Phi) is 7.56. The van der Waals surface area contributed by atoms with E-state index in [4.69, 9.17) is 0 Å². The molecular weight excluding hydrogens is 795 g/mol. The van der Waals surface area contributed by atoms with Crippen LogP contribution in [-0.4, -0.2) is 13.7 Å². The monoisotopic (exact) mass is 831 g/mol. The van der Waals surface area contributed by atoms with Crippen molar-refractivity contribution in [1.82, 2.24) is 13.7 Å². The Balaban J connectivity index is 1.08. The minimum absolute atomic E-state index is 1.10. The fraction of sp³-hybridized carbons (Fsp3) is 0. The van der Waals surface area contributed by atoms with E-state index in [0.29, 0.717) is 0 Å². The second-order valence-corrected chi connectivity index (χ2v) is 18.1. The first-order valence-corrected chi connectivity index (χ1v) is 22.7. The molecule has 0 atom stereocenters. The highest BCUT2D eigenvalue weighted by Gasteiger charge is 2.16. The van der Waals surface area contributed by atoms with Gasteiger partial charge in [0, 0.05) is 69.8 Å². The molecule has 0 N–H and O–H groups in total. The number of para-hydroxylation sites is 1. The number of thiophene rings is 1. The molecule has 14 rings (SSSR count). The van der Waals surface area contributed by atoms with Crippen LogP contribution in [0.2, 0.25) is 0 Å². The normalized spacial score (nSPS) is 12.1. The third-order valence-electron chi connectivity index (χ3n) is 13.4. The number of hydrogen-bond acceptors (Lipinski definition) is 1. The molecule has 0 spiro atoms. The minimum atomic E-state index is 1.10. The number of rotatable bonds is 3. The van der Waals surface area contributed by atoms with Crippen molar-refractivity contribution in [3.8, 4) is 17.1 Å². The highest BCUT2D eigenvalue weighted by molar-refractivity contribution is 7.25. The number of benzene rings is 11. The van der Waals surface area contributed by atoms with Crippen LogP contribution in [0.5, 0.6) is 0 Å². The van der Waals surface area contributed by atoms with E-state index in [1.165, 1.54) is 80.0 Å². The topological polar surface area (TPSA) is 14.8 Å². The van der Waals surface area contributed by atoms with Crippen molar-refractivity contribution in [3.05, 3.63) is 224 Å². The van der Waals surface area contributed by atoms with Crippen LogP contribution in [0.25, 0.3) is 124 Å². The molecule has 298 valence electrons. The molecule has 8 bridgehead atoms. The van der Waals surface area contributed by atoms with Crippen molar-refractivity contribution >= 4 is 118 Å². The maximum Gasteiger partial charge on any atom is 0.0542 e. The lowest BCUT2D eigenvalue weighted by atomic mass is 10.0. The number of nitrogens with zero attached hydrogens (tertiary/aromatic N) is 3. The van der Waals surface area contributed by atoms with E-state index < -0.39 is 0 Å². The molecule has 3 nitrogen and oxygen atoms in total. The largest absolute Gasteiger partial charge is 0.310 e. The van der Waals surface area contributed by atoms with Crippen LogP contribution in [0.15, 0.2) is 224 Å². The molecule has 0 aliphatic heterocycles. The first-order valence-electron chi connectivity index (χ1n) is 21.9. The van der Waals surface area contributed by atoms with Crippen LogP contribution in [-0.2, 0) is 0 Å². The molecule has 11 aromatic carbocycles. The molecule has 0 saturated heterocycles. The summed E-state index contributed by atoms with van der Waals surface area (Å²) in [6.45, 7) is 0. The van der Waals surface area contributed by atoms with E-state index in [9.17, 15) is 0 Å². The van der Waals surface area contributed by atoms with Gasteiger partial charge in [0.25, 0.3) is 0 Å². The van der Waals surface area contributed by atoms with E-state index in [0.717, 1.165) is 44.2 Å². The van der Waals surface area contributed by atoms with Gasteiger partial charge in [-0.15, -0.1) is 11.3 Å². The highest BCUT2D eigenvalue weighted by atomic mass is 32.1. The molecule has 3 aromatic heterocycles. The standard InChI is InChI=1S/C60H37N3S/c1-2-16-49-38(10-1)11-9-20-56(49)63-57-19-5-3-17-50(57)55-36-47(29-31-58(55)63)61-43-14-7-12-41(32-43)42-13-8-15-44(33-42)62(48-28-30-52-51-18-4-6-21-59(51)64-60(52)37-48)46-27-25-40-23-22-39-24-26-45(61)34-53(39)54(40)35-46/h1-37H. The quantitative estimate of drug-likeness (QED) is 0.158. The summed E-state index contributed by atoms with van der Waals surface area (Å²) in [5.74, 6) is 0. The third kappa shape index (κ3) is 5.33. The summed E-state index contributed by atoms with van der Waals surface area (Å²) in [4.78, 5) is 0. The average molecular weight is 832 g/mol. The van der Waals surface area contributed by atoms with Gasteiger partial charge in [0.15, 0.2) is 0 Å². The fourth-order valence-electron chi connectivity index (χ4n) is 10.5. The summed E-state index contributed by atoms with van der Waals surface area (Å²) in [6.07, 6.45) is 0. The Labute approximate surface area is 371 Å². The van der Waals surface area contributed by atoms with Gasteiger partial charge in [0.2, 0.25) is 0 Å². The van der Waals surface area contributed by atoms with Crippen molar-refractivity contribution in [2.24, 2.45) is 0 Å². The van der Waals surface area contributed by atoms with Crippen LogP contribution in [0.1, 0.15) is 0 Å². The average Bonchev–Trinajstić information content (AvgIpc) is 3.89. The molecule has 0 amide bonds. The molecule has 64 heavy (non-hydrogen) atoms. The summed E-state index contributed by atoms with van der Waals surface area (Å²) in [6, 6.07) is 83.4. The van der Waals surface area contributed by atoms with Gasteiger partial charge in [0.1, 0.15) is 0 Å². The van der Waals surface area contributed by atoms with Crippen LogP contribution < -0.4 is 0 Å². The van der Waals surface area contributed by atoms with Crippen LogP contribution in [0, 0.1) is 0 Å². The van der Waals surface area contributed by atoms with Crippen molar-refractivity contribution in [2.75, 3.05) is 0 Å². The first-order chi connectivity index (χ1) is 31.7. The van der Waals surface area contributed by atoms with E-state index in [-0.39, 0.29) is 0 Å². The zero-order valence-corrected chi connectivity index (χ0v) is 35.4. The summed E-state index contributed by atoms with van der Waals surface area (Å²) < 4.78 is 9.91. The van der Waals surface area contributed by atoms with E-state index in [1.807, 2.05) is 11.3 Å². The lowest BCUT2D eigenvalue weighted by molar-refractivity contribution is 1.16. The molecular formula is C60H37N3S. The summed E-state index contributed by atoms with van der Waals surface area (Å²) in [5, 5.41) is 14.7. The lowest BCUT2D eigenvalue weighted by Crippen LogP contribution is -1.99. The van der Waals surface area contributed by atoms with Crippen molar-refractivity contribution in [3.63, 3.8) is 0 Å². The maximum atomic E-state index is 2.44. The molecule has 0 aliphatic rings. The smallest absolute Gasteiger partial charge is 0.0542 e. The lowest BCUT2D eigenvalue weighted by Gasteiger charge is -2.16. The predicted octanol–water partition coefficient (Wildman–Crippen LogP) is 16.8. The van der Waals surface area contributed by atoms with Gasteiger partial charge in [-0.2, -0.15) is 0 Å². The van der Waals surface area contributed by atoms with E-state index >= 15 is 0 Å². The zero-order valence-electron chi connectivity index (χ0n) is 34.6. The Morgan fingerprint density at radius 1 is 0.250 bits per heavy atom. The highest BCUT2D eigenvalue weighted by Crippen LogP contribution is 2.39. The Morgan fingerprint density at radius 3 is 1.52 bits per heavy atom. The molecule has 3 heterocycles. The van der Waals surface area contributed by atoms with Gasteiger partial charge in [0.05, 0.1) is 16.7 Å². The molecule has 0 radical (unpaired) electrons. The number of fused-ring (bicyclic) bond motifs is 14. The minimum Gasteiger partial charge on any atom is -0.310 e. The van der Waals surface area contributed by atoms with Crippen LogP contribution in [0.3, 0.4) is 0 Å². The molecule has 0 aliphatic carbocycles. The summed E-state index contributed by atoms with van der Waals surface area (Å²) in [5.41, 5.74) is 10.3. The Bertz CT molecular complexity index is 4320. The summed E-state index contributed by atoms with van der Waals surface area (Å²) >= 11 is 1.86. The SMILES string of the molecule is c1ccc2c(-n3c4ccccc4c4cc(-n5c6cccc(c6)c6cccc(c6)n(-c6ccc7c(c6)sc6ccccc67)c6ccc7ccc8ccc5cc8c7c6)ccc43)cccc2c1. The van der Waals surface area contributed by atoms with Crippen molar-refractivity contribution < 1.29 is 0 Å². The molecule has 0 fully saturated rings. The van der Waals surface area contributed by atoms with Gasteiger partial charge < -0.3 is 13.7 Å². The Morgan fingerprint density at radius 2 is 0.766 bits per heavy atom. The summed E-state index contributed by atoms with van der Waals surface area (Å²) in [7, 11) is 0.